The number of ether oxygens (including phenoxy) is 6. The molecule has 1 N–H and O–H groups in total. The van der Waals surface area contributed by atoms with E-state index in [-0.39, 0.29) is 6.61 Å². The molecular formula is C19H28N2O10S. The summed E-state index contributed by atoms with van der Waals surface area (Å²) in [4.78, 5) is 48.6. The zero-order valence-corrected chi connectivity index (χ0v) is 19.2. The van der Waals surface area contributed by atoms with Crippen LogP contribution in [0.5, 0.6) is 0 Å². The fourth-order valence-corrected chi connectivity index (χ4v) is 3.62. The normalized spacial score (nSPS) is 27.6. The standard InChI is InChI=1S/C19H28N2O10S/c1-10(22)27-9-14-15(28-11(2)23)16(29-12(3)24)17(30-13(4)25)18(31-14)20-19(32)21-5-7-26-8-6-21/h14-18H,5-9H2,1-4H3,(H,20,32)/t14-,15-,16-,17-,18+/m0/s1. The first kappa shape index (κ1) is 25.7. The van der Waals surface area contributed by atoms with Crippen molar-refractivity contribution in [2.45, 2.75) is 58.3 Å². The molecule has 0 unspecified atom stereocenters. The molecule has 0 saturated carbocycles. The van der Waals surface area contributed by atoms with Crippen molar-refractivity contribution in [2.75, 3.05) is 32.9 Å². The lowest BCUT2D eigenvalue weighted by atomic mass is 9.97. The average molecular weight is 477 g/mol. The molecule has 12 nitrogen and oxygen atoms in total. The average Bonchev–Trinajstić information content (AvgIpc) is 2.70. The lowest BCUT2D eigenvalue weighted by Crippen LogP contribution is -2.67. The van der Waals surface area contributed by atoms with Gasteiger partial charge in [0.15, 0.2) is 29.7 Å². The monoisotopic (exact) mass is 476 g/mol. The quantitative estimate of drug-likeness (QED) is 0.293. The first-order valence-corrected chi connectivity index (χ1v) is 10.4. The molecule has 32 heavy (non-hydrogen) atoms. The number of carbonyl (C=O) groups excluding carboxylic acids is 4. The van der Waals surface area contributed by atoms with Crippen LogP contribution in [0.15, 0.2) is 0 Å². The Labute approximate surface area is 190 Å². The number of nitrogens with one attached hydrogen (secondary N) is 1. The van der Waals surface area contributed by atoms with Crippen LogP contribution in [0.1, 0.15) is 27.7 Å². The lowest BCUT2D eigenvalue weighted by molar-refractivity contribution is -0.255. The molecule has 2 saturated heterocycles. The summed E-state index contributed by atoms with van der Waals surface area (Å²) in [5.74, 6) is -2.66. The van der Waals surface area contributed by atoms with E-state index in [9.17, 15) is 19.2 Å². The number of esters is 4. The maximum atomic E-state index is 11.8. The van der Waals surface area contributed by atoms with E-state index in [1.807, 2.05) is 4.90 Å². The highest BCUT2D eigenvalue weighted by Crippen LogP contribution is 2.28. The maximum absolute atomic E-state index is 11.8. The molecule has 13 heteroatoms. The van der Waals surface area contributed by atoms with E-state index in [4.69, 9.17) is 40.6 Å². The van der Waals surface area contributed by atoms with E-state index in [1.165, 1.54) is 13.8 Å². The molecule has 0 amide bonds. The Morgan fingerprint density at radius 1 is 0.875 bits per heavy atom. The van der Waals surface area contributed by atoms with Crippen molar-refractivity contribution in [2.24, 2.45) is 0 Å². The van der Waals surface area contributed by atoms with Gasteiger partial charge in [-0.25, -0.2) is 0 Å². The number of hydrogen-bond donors (Lipinski definition) is 1. The topological polar surface area (TPSA) is 139 Å². The summed E-state index contributed by atoms with van der Waals surface area (Å²) in [6, 6.07) is 0. The van der Waals surface area contributed by atoms with Crippen LogP contribution in [-0.2, 0) is 47.6 Å². The molecule has 2 rings (SSSR count). The second-order valence-corrected chi connectivity index (χ2v) is 7.56. The highest BCUT2D eigenvalue weighted by atomic mass is 32.1. The highest BCUT2D eigenvalue weighted by molar-refractivity contribution is 7.80. The van der Waals surface area contributed by atoms with Crippen LogP contribution in [0.25, 0.3) is 0 Å². The minimum Gasteiger partial charge on any atom is -0.463 e. The minimum atomic E-state index is -1.25. The van der Waals surface area contributed by atoms with E-state index in [1.54, 1.807) is 0 Å². The van der Waals surface area contributed by atoms with E-state index in [0.29, 0.717) is 31.4 Å². The Bertz CT molecular complexity index is 727. The fourth-order valence-electron chi connectivity index (χ4n) is 3.32. The van der Waals surface area contributed by atoms with E-state index in [2.05, 4.69) is 5.32 Å². The number of morpholine rings is 1. The van der Waals surface area contributed by atoms with Gasteiger partial charge in [0.25, 0.3) is 0 Å². The molecule has 0 spiro atoms. The van der Waals surface area contributed by atoms with Crippen molar-refractivity contribution in [3.05, 3.63) is 0 Å². The predicted molar refractivity (Wildman–Crippen MR) is 110 cm³/mol. The van der Waals surface area contributed by atoms with Crippen molar-refractivity contribution < 1.29 is 47.6 Å². The summed E-state index contributed by atoms with van der Waals surface area (Å²) in [6.45, 7) is 6.45. The van der Waals surface area contributed by atoms with E-state index in [0.717, 1.165) is 13.8 Å². The SMILES string of the molecule is CC(=O)OC[C@@H]1O[C@@H](NC(=S)N2CCOCC2)[C@@H](OC(C)=O)[C@@H](OC(C)=O)[C@H]1OC(C)=O. The van der Waals surface area contributed by atoms with Gasteiger partial charge in [-0.2, -0.15) is 0 Å². The summed E-state index contributed by atoms with van der Waals surface area (Å²) in [5, 5.41) is 3.27. The molecule has 2 heterocycles. The second kappa shape index (κ2) is 11.9. The summed E-state index contributed by atoms with van der Waals surface area (Å²) >= 11 is 5.45. The van der Waals surface area contributed by atoms with Gasteiger partial charge in [0, 0.05) is 40.8 Å². The minimum absolute atomic E-state index is 0.300. The Morgan fingerprint density at radius 2 is 1.41 bits per heavy atom. The third-order valence-electron chi connectivity index (χ3n) is 4.55. The number of thiocarbonyl (C=S) groups is 1. The summed E-state index contributed by atoms with van der Waals surface area (Å²) in [5.41, 5.74) is 0. The molecule has 0 radical (unpaired) electrons. The Hall–Kier alpha value is -2.51. The molecule has 0 aromatic heterocycles. The third-order valence-corrected chi connectivity index (χ3v) is 4.93. The van der Waals surface area contributed by atoms with Gasteiger partial charge in [-0.15, -0.1) is 0 Å². The van der Waals surface area contributed by atoms with Gasteiger partial charge in [-0.1, -0.05) is 0 Å². The van der Waals surface area contributed by atoms with Crippen molar-refractivity contribution in [3.63, 3.8) is 0 Å². The second-order valence-electron chi connectivity index (χ2n) is 7.17. The smallest absolute Gasteiger partial charge is 0.303 e. The van der Waals surface area contributed by atoms with Gasteiger partial charge < -0.3 is 38.6 Å². The van der Waals surface area contributed by atoms with Gasteiger partial charge in [0.05, 0.1) is 13.2 Å². The number of hydrogen-bond acceptors (Lipinski definition) is 11. The number of nitrogens with zero attached hydrogens (tertiary/aromatic N) is 1. The van der Waals surface area contributed by atoms with Crippen molar-refractivity contribution in [3.8, 4) is 0 Å². The summed E-state index contributed by atoms with van der Waals surface area (Å²) in [7, 11) is 0. The summed E-state index contributed by atoms with van der Waals surface area (Å²) in [6.07, 6.45) is -5.81. The molecular weight excluding hydrogens is 448 g/mol. The number of rotatable bonds is 6. The maximum Gasteiger partial charge on any atom is 0.303 e. The van der Waals surface area contributed by atoms with Crippen LogP contribution in [0.2, 0.25) is 0 Å². The van der Waals surface area contributed by atoms with Gasteiger partial charge >= 0.3 is 23.9 Å². The van der Waals surface area contributed by atoms with Crippen molar-refractivity contribution in [1.82, 2.24) is 10.2 Å². The molecule has 2 fully saturated rings. The molecule has 2 aliphatic rings. The fraction of sp³-hybridized carbons (Fsp3) is 0.737. The van der Waals surface area contributed by atoms with Crippen LogP contribution in [0.4, 0.5) is 0 Å². The van der Waals surface area contributed by atoms with E-state index < -0.39 is 54.5 Å². The molecule has 180 valence electrons. The van der Waals surface area contributed by atoms with Gasteiger partial charge in [-0.3, -0.25) is 19.2 Å². The highest BCUT2D eigenvalue weighted by Gasteiger charge is 2.52. The van der Waals surface area contributed by atoms with Gasteiger partial charge in [0.1, 0.15) is 12.7 Å². The Balaban J connectivity index is 2.35. The Kier molecular flexibility index (Phi) is 9.60. The van der Waals surface area contributed by atoms with E-state index >= 15 is 0 Å². The summed E-state index contributed by atoms with van der Waals surface area (Å²) < 4.78 is 32.4. The predicted octanol–water partition coefficient (Wildman–Crippen LogP) is -0.724. The van der Waals surface area contributed by atoms with Crippen LogP contribution in [0.3, 0.4) is 0 Å². The molecule has 0 bridgehead atoms. The van der Waals surface area contributed by atoms with Crippen LogP contribution in [0, 0.1) is 0 Å². The lowest BCUT2D eigenvalue weighted by Gasteiger charge is -2.45. The first-order chi connectivity index (χ1) is 15.1. The molecule has 0 aliphatic carbocycles. The largest absolute Gasteiger partial charge is 0.463 e. The zero-order chi connectivity index (χ0) is 23.8. The third kappa shape index (κ3) is 7.57. The molecule has 2 aliphatic heterocycles. The van der Waals surface area contributed by atoms with Gasteiger partial charge in [-0.05, 0) is 12.2 Å². The van der Waals surface area contributed by atoms with Gasteiger partial charge in [0.2, 0.25) is 0 Å². The number of carbonyl (C=O) groups is 4. The first-order valence-electron chi connectivity index (χ1n) is 10.0. The molecule has 5 atom stereocenters. The van der Waals surface area contributed by atoms with Crippen LogP contribution in [-0.4, -0.2) is 97.4 Å². The zero-order valence-electron chi connectivity index (χ0n) is 18.4. The van der Waals surface area contributed by atoms with Crippen LogP contribution >= 0.6 is 12.2 Å². The molecule has 0 aromatic carbocycles. The Morgan fingerprint density at radius 3 is 1.94 bits per heavy atom. The van der Waals surface area contributed by atoms with Crippen LogP contribution < -0.4 is 5.32 Å². The van der Waals surface area contributed by atoms with Crippen molar-refractivity contribution in [1.29, 1.82) is 0 Å². The van der Waals surface area contributed by atoms with Crippen molar-refractivity contribution >= 4 is 41.2 Å². The molecule has 0 aromatic rings.